The molecule has 2 aromatic rings. The summed E-state index contributed by atoms with van der Waals surface area (Å²) >= 11 is 0. The minimum absolute atomic E-state index is 0.405. The van der Waals surface area contributed by atoms with Crippen LogP contribution in [-0.4, -0.2) is 16.5 Å². The molecule has 0 saturated heterocycles. The summed E-state index contributed by atoms with van der Waals surface area (Å²) in [6, 6.07) is 11.9. The van der Waals surface area contributed by atoms with Gasteiger partial charge in [-0.25, -0.2) is 9.97 Å². The van der Waals surface area contributed by atoms with Gasteiger partial charge in [0.25, 0.3) is 0 Å². The topological polar surface area (TPSA) is 78.8 Å². The fourth-order valence-electron chi connectivity index (χ4n) is 1.58. The van der Waals surface area contributed by atoms with E-state index in [-0.39, 0.29) is 0 Å². The van der Waals surface area contributed by atoms with Crippen molar-refractivity contribution >= 4 is 17.3 Å². The molecular weight excluding hydrogens is 226 g/mol. The van der Waals surface area contributed by atoms with Crippen molar-refractivity contribution in [3.8, 4) is 6.07 Å². The third-order valence-corrected chi connectivity index (χ3v) is 2.41. The van der Waals surface area contributed by atoms with E-state index in [0.717, 1.165) is 5.69 Å². The second-order valence-corrected chi connectivity index (χ2v) is 3.71. The molecule has 0 fully saturated rings. The van der Waals surface area contributed by atoms with E-state index in [9.17, 15) is 0 Å². The smallest absolute Gasteiger partial charge is 0.229 e. The van der Waals surface area contributed by atoms with Crippen molar-refractivity contribution in [3.05, 3.63) is 42.7 Å². The maximum absolute atomic E-state index is 8.72. The molecule has 0 unspecified atom stereocenters. The number of nitriles is 1. The number of nitrogen functional groups attached to an aromatic ring is 1. The number of benzene rings is 1. The van der Waals surface area contributed by atoms with Crippen LogP contribution in [0, 0.1) is 11.3 Å². The average molecular weight is 239 g/mol. The summed E-state index contributed by atoms with van der Waals surface area (Å²) in [7, 11) is 0. The van der Waals surface area contributed by atoms with Crippen molar-refractivity contribution in [2.24, 2.45) is 0 Å². The Bertz CT molecular complexity index is 530. The molecule has 1 aromatic carbocycles. The quantitative estimate of drug-likeness (QED) is 0.883. The normalized spacial score (nSPS) is 9.72. The molecule has 5 nitrogen and oxygen atoms in total. The zero-order valence-corrected chi connectivity index (χ0v) is 9.82. The molecule has 0 aliphatic heterocycles. The van der Waals surface area contributed by atoms with Gasteiger partial charge in [-0.3, -0.25) is 0 Å². The Morgan fingerprint density at radius 3 is 2.44 bits per heavy atom. The van der Waals surface area contributed by atoms with Crippen molar-refractivity contribution in [3.63, 3.8) is 0 Å². The van der Waals surface area contributed by atoms with Crippen LogP contribution in [0.2, 0.25) is 0 Å². The highest BCUT2D eigenvalue weighted by Crippen LogP contribution is 2.21. The molecule has 0 saturated carbocycles. The van der Waals surface area contributed by atoms with Crippen molar-refractivity contribution in [1.29, 1.82) is 5.26 Å². The minimum atomic E-state index is 0.405. The summed E-state index contributed by atoms with van der Waals surface area (Å²) < 4.78 is 0. The number of rotatable bonds is 4. The zero-order chi connectivity index (χ0) is 12.8. The maximum atomic E-state index is 8.72. The molecule has 0 aliphatic carbocycles. The van der Waals surface area contributed by atoms with Gasteiger partial charge in [0.1, 0.15) is 0 Å². The summed E-state index contributed by atoms with van der Waals surface area (Å²) in [6.07, 6.45) is 3.53. The van der Waals surface area contributed by atoms with E-state index in [0.29, 0.717) is 24.6 Å². The standard InChI is InChI=1S/C13H13N5/c14-7-4-8-18(12-5-2-1-3-6-12)13-16-9-11(15)10-17-13/h1-3,5-6,9-10H,4,8,15H2. The number of anilines is 3. The zero-order valence-electron chi connectivity index (χ0n) is 9.82. The van der Waals surface area contributed by atoms with Crippen molar-refractivity contribution in [1.82, 2.24) is 9.97 Å². The fraction of sp³-hybridized carbons (Fsp3) is 0.154. The number of hydrogen-bond donors (Lipinski definition) is 1. The van der Waals surface area contributed by atoms with Crippen LogP contribution in [0.25, 0.3) is 0 Å². The average Bonchev–Trinajstić information content (AvgIpc) is 2.42. The second-order valence-electron chi connectivity index (χ2n) is 3.71. The van der Waals surface area contributed by atoms with Crippen LogP contribution >= 0.6 is 0 Å². The van der Waals surface area contributed by atoms with E-state index >= 15 is 0 Å². The first-order valence-electron chi connectivity index (χ1n) is 5.58. The summed E-state index contributed by atoms with van der Waals surface area (Å²) in [5.41, 5.74) is 7.05. The second kappa shape index (κ2) is 5.64. The number of hydrogen-bond acceptors (Lipinski definition) is 5. The van der Waals surface area contributed by atoms with Crippen LogP contribution in [0.4, 0.5) is 17.3 Å². The van der Waals surface area contributed by atoms with Crippen LogP contribution < -0.4 is 10.6 Å². The molecule has 0 spiro atoms. The lowest BCUT2D eigenvalue weighted by molar-refractivity contribution is 0.899. The van der Waals surface area contributed by atoms with Gasteiger partial charge in [-0.15, -0.1) is 0 Å². The predicted octanol–water partition coefficient (Wildman–Crippen LogP) is 2.11. The van der Waals surface area contributed by atoms with Crippen LogP contribution in [0.5, 0.6) is 0 Å². The summed E-state index contributed by atoms with van der Waals surface area (Å²) in [5.74, 6) is 0.547. The SMILES string of the molecule is N#CCCN(c1ccccc1)c1ncc(N)cn1. The van der Waals surface area contributed by atoms with Gasteiger partial charge in [0.2, 0.25) is 5.95 Å². The molecule has 2 rings (SSSR count). The van der Waals surface area contributed by atoms with Crippen LogP contribution in [-0.2, 0) is 0 Å². The fourth-order valence-corrected chi connectivity index (χ4v) is 1.58. The lowest BCUT2D eigenvalue weighted by Crippen LogP contribution is -2.20. The molecule has 1 aromatic heterocycles. The summed E-state index contributed by atoms with van der Waals surface area (Å²) in [6.45, 7) is 0.546. The largest absolute Gasteiger partial charge is 0.396 e. The van der Waals surface area contributed by atoms with E-state index in [4.69, 9.17) is 11.0 Å². The maximum Gasteiger partial charge on any atom is 0.229 e. The number of para-hydroxylation sites is 1. The van der Waals surface area contributed by atoms with Crippen LogP contribution in [0.15, 0.2) is 42.7 Å². The Labute approximate surface area is 106 Å². The molecular formula is C13H13N5. The highest BCUT2D eigenvalue weighted by atomic mass is 15.2. The molecule has 90 valence electrons. The van der Waals surface area contributed by atoms with Gasteiger partial charge < -0.3 is 10.6 Å². The van der Waals surface area contributed by atoms with E-state index in [2.05, 4.69) is 16.0 Å². The van der Waals surface area contributed by atoms with Gasteiger partial charge in [0.05, 0.1) is 30.6 Å². The molecule has 0 aliphatic rings. The van der Waals surface area contributed by atoms with Gasteiger partial charge in [-0.1, -0.05) is 18.2 Å². The molecule has 5 heteroatoms. The molecule has 0 atom stereocenters. The lowest BCUT2D eigenvalue weighted by atomic mass is 10.3. The third kappa shape index (κ3) is 2.74. The molecule has 0 bridgehead atoms. The van der Waals surface area contributed by atoms with Crippen LogP contribution in [0.1, 0.15) is 6.42 Å². The van der Waals surface area contributed by atoms with E-state index in [1.807, 2.05) is 35.2 Å². The Hall–Kier alpha value is -2.61. The van der Waals surface area contributed by atoms with Gasteiger partial charge >= 0.3 is 0 Å². The summed E-state index contributed by atoms with van der Waals surface area (Å²) in [4.78, 5) is 10.3. The third-order valence-electron chi connectivity index (χ3n) is 2.41. The highest BCUT2D eigenvalue weighted by molar-refractivity contribution is 5.57. The molecule has 0 amide bonds. The number of nitrogens with two attached hydrogens (primary N) is 1. The van der Waals surface area contributed by atoms with Gasteiger partial charge in [-0.2, -0.15) is 5.26 Å². The van der Waals surface area contributed by atoms with Gasteiger partial charge in [0, 0.05) is 12.2 Å². The Balaban J connectivity index is 2.31. The highest BCUT2D eigenvalue weighted by Gasteiger charge is 2.10. The Morgan fingerprint density at radius 1 is 1.17 bits per heavy atom. The number of aromatic nitrogens is 2. The lowest BCUT2D eigenvalue weighted by Gasteiger charge is -2.21. The van der Waals surface area contributed by atoms with Crippen molar-refractivity contribution < 1.29 is 0 Å². The van der Waals surface area contributed by atoms with E-state index < -0.39 is 0 Å². The van der Waals surface area contributed by atoms with E-state index in [1.165, 1.54) is 0 Å². The molecule has 2 N–H and O–H groups in total. The first kappa shape index (κ1) is 11.9. The molecule has 0 radical (unpaired) electrons. The van der Waals surface area contributed by atoms with E-state index in [1.54, 1.807) is 12.4 Å². The van der Waals surface area contributed by atoms with Gasteiger partial charge in [0.15, 0.2) is 0 Å². The summed E-state index contributed by atoms with van der Waals surface area (Å²) in [5, 5.41) is 8.72. The first-order chi connectivity index (χ1) is 8.81. The van der Waals surface area contributed by atoms with Crippen molar-refractivity contribution in [2.45, 2.75) is 6.42 Å². The predicted molar refractivity (Wildman–Crippen MR) is 70.1 cm³/mol. The van der Waals surface area contributed by atoms with Crippen LogP contribution in [0.3, 0.4) is 0 Å². The monoisotopic (exact) mass is 239 g/mol. The van der Waals surface area contributed by atoms with Gasteiger partial charge in [-0.05, 0) is 12.1 Å². The first-order valence-corrected chi connectivity index (χ1v) is 5.58. The van der Waals surface area contributed by atoms with Crippen molar-refractivity contribution in [2.75, 3.05) is 17.2 Å². The number of nitrogens with zero attached hydrogens (tertiary/aromatic N) is 4. The Kier molecular flexibility index (Phi) is 3.72. The minimum Gasteiger partial charge on any atom is -0.396 e. The Morgan fingerprint density at radius 2 is 1.83 bits per heavy atom. The molecule has 1 heterocycles. The molecule has 18 heavy (non-hydrogen) atoms.